The first-order chi connectivity index (χ1) is 15.9. The van der Waals surface area contributed by atoms with Crippen LogP contribution in [0.1, 0.15) is 31.1 Å². The molecule has 5 N–H and O–H groups in total. The number of rotatable bonds is 8. The Kier molecular flexibility index (Phi) is 7.81. The lowest BCUT2D eigenvalue weighted by Gasteiger charge is -2.40. The molecule has 10 nitrogen and oxygen atoms in total. The molecular formula is C23H25ClO10. The van der Waals surface area contributed by atoms with Crippen molar-refractivity contribution >= 4 is 23.5 Å². The van der Waals surface area contributed by atoms with Crippen LogP contribution in [0.3, 0.4) is 0 Å². The molecule has 34 heavy (non-hydrogen) atoms. The van der Waals surface area contributed by atoms with E-state index in [-0.39, 0.29) is 5.75 Å². The molecular weight excluding hydrogens is 472 g/mol. The van der Waals surface area contributed by atoms with Gasteiger partial charge in [0.05, 0.1) is 0 Å². The molecule has 0 spiro atoms. The van der Waals surface area contributed by atoms with Crippen LogP contribution < -0.4 is 4.74 Å². The summed E-state index contributed by atoms with van der Waals surface area (Å²) in [5.41, 5.74) is -0.380. The quantitative estimate of drug-likeness (QED) is 0.362. The van der Waals surface area contributed by atoms with E-state index in [4.69, 9.17) is 25.8 Å². The van der Waals surface area contributed by atoms with Gasteiger partial charge in [-0.3, -0.25) is 0 Å². The Morgan fingerprint density at radius 2 is 1.44 bits per heavy atom. The zero-order valence-electron chi connectivity index (χ0n) is 18.2. The van der Waals surface area contributed by atoms with Crippen molar-refractivity contribution in [2.24, 2.45) is 0 Å². The van der Waals surface area contributed by atoms with E-state index in [9.17, 15) is 35.1 Å². The molecule has 3 rings (SSSR count). The second kappa shape index (κ2) is 10.3. The third kappa shape index (κ3) is 5.66. The van der Waals surface area contributed by atoms with E-state index in [0.29, 0.717) is 16.1 Å². The van der Waals surface area contributed by atoms with Gasteiger partial charge < -0.3 is 39.7 Å². The fourth-order valence-corrected chi connectivity index (χ4v) is 3.46. The highest BCUT2D eigenvalue weighted by molar-refractivity contribution is 6.30. The molecule has 1 fully saturated rings. The number of hydrogen-bond donors (Lipinski definition) is 5. The number of halogens is 1. The molecule has 0 amide bonds. The average molecular weight is 497 g/mol. The molecule has 2 aromatic carbocycles. The highest BCUT2D eigenvalue weighted by Crippen LogP contribution is 2.33. The van der Waals surface area contributed by atoms with Crippen LogP contribution >= 0.6 is 11.6 Å². The van der Waals surface area contributed by atoms with Crippen LogP contribution in [-0.2, 0) is 19.1 Å². The number of aliphatic hydroxyl groups is 3. The molecule has 1 heterocycles. The van der Waals surface area contributed by atoms with Crippen molar-refractivity contribution < 1.29 is 49.3 Å². The molecule has 6 atom stereocenters. The van der Waals surface area contributed by atoms with E-state index < -0.39 is 54.3 Å². The molecule has 2 aromatic rings. The van der Waals surface area contributed by atoms with Gasteiger partial charge in [0, 0.05) is 5.02 Å². The summed E-state index contributed by atoms with van der Waals surface area (Å²) < 4.78 is 16.7. The minimum Gasteiger partial charge on any atom is -0.479 e. The van der Waals surface area contributed by atoms with Gasteiger partial charge in [-0.1, -0.05) is 35.9 Å². The number of aliphatic hydroxyl groups excluding tert-OH is 3. The summed E-state index contributed by atoms with van der Waals surface area (Å²) in [6.45, 7) is 2.81. The van der Waals surface area contributed by atoms with E-state index in [1.807, 2.05) is 0 Å². The van der Waals surface area contributed by atoms with Crippen LogP contribution in [0, 0.1) is 0 Å². The van der Waals surface area contributed by atoms with Gasteiger partial charge in [-0.2, -0.15) is 0 Å². The first-order valence-corrected chi connectivity index (χ1v) is 10.6. The fraction of sp³-hybridized carbons (Fsp3) is 0.391. The molecule has 1 aliphatic heterocycles. The Balaban J connectivity index is 1.91. The minimum absolute atomic E-state index is 0.282. The maximum Gasteiger partial charge on any atom is 0.347 e. The van der Waals surface area contributed by atoms with Crippen LogP contribution in [0.15, 0.2) is 48.5 Å². The summed E-state index contributed by atoms with van der Waals surface area (Å²) in [5, 5.41) is 49.4. The van der Waals surface area contributed by atoms with Crippen molar-refractivity contribution in [1.82, 2.24) is 0 Å². The third-order valence-electron chi connectivity index (χ3n) is 5.33. The van der Waals surface area contributed by atoms with Crippen molar-refractivity contribution in [3.63, 3.8) is 0 Å². The molecule has 0 bridgehead atoms. The standard InChI is InChI=1S/C23H25ClO10/c1-23(2,22(30)31)34-14-9-5-12(6-10-14)18(11-3-7-13(24)8-4-11)32-21-17(27)15(25)16(26)19(33-21)20(28)29/h3-10,15-19,21,25-27H,1-2H3,(H,28,29)(H,30,31). The van der Waals surface area contributed by atoms with Gasteiger partial charge in [0.25, 0.3) is 0 Å². The first-order valence-electron chi connectivity index (χ1n) is 10.3. The Hall–Kier alpha value is -2.73. The van der Waals surface area contributed by atoms with E-state index in [1.165, 1.54) is 26.0 Å². The number of carbonyl (C=O) groups is 2. The van der Waals surface area contributed by atoms with Gasteiger partial charge in [-0.05, 0) is 49.2 Å². The molecule has 0 radical (unpaired) electrons. The highest BCUT2D eigenvalue weighted by atomic mass is 35.5. The smallest absolute Gasteiger partial charge is 0.347 e. The minimum atomic E-state index is -1.85. The summed E-state index contributed by atoms with van der Waals surface area (Å²) >= 11 is 5.98. The molecule has 0 aliphatic carbocycles. The predicted octanol–water partition coefficient (Wildman–Crippen LogP) is 1.58. The van der Waals surface area contributed by atoms with Crippen molar-refractivity contribution in [3.05, 3.63) is 64.7 Å². The Labute approximate surface area is 199 Å². The number of aliphatic carboxylic acids is 2. The van der Waals surface area contributed by atoms with Crippen molar-refractivity contribution in [2.75, 3.05) is 0 Å². The maximum absolute atomic E-state index is 11.4. The van der Waals surface area contributed by atoms with Crippen molar-refractivity contribution in [2.45, 2.75) is 56.3 Å². The number of ether oxygens (including phenoxy) is 3. The van der Waals surface area contributed by atoms with Crippen LogP contribution in [0.5, 0.6) is 5.75 Å². The van der Waals surface area contributed by atoms with Crippen molar-refractivity contribution in [1.29, 1.82) is 0 Å². The van der Waals surface area contributed by atoms with Gasteiger partial charge >= 0.3 is 11.9 Å². The van der Waals surface area contributed by atoms with Crippen LogP contribution in [0.4, 0.5) is 0 Å². The molecule has 0 aromatic heterocycles. The molecule has 1 saturated heterocycles. The third-order valence-corrected chi connectivity index (χ3v) is 5.58. The molecule has 1 aliphatic rings. The molecule has 6 unspecified atom stereocenters. The van der Waals surface area contributed by atoms with E-state index >= 15 is 0 Å². The summed E-state index contributed by atoms with van der Waals surface area (Å²) in [7, 11) is 0. The van der Waals surface area contributed by atoms with Gasteiger partial charge in [-0.25, -0.2) is 9.59 Å². The van der Waals surface area contributed by atoms with E-state index in [1.54, 1.807) is 36.4 Å². The monoisotopic (exact) mass is 496 g/mol. The summed E-state index contributed by atoms with van der Waals surface area (Å²) in [5.74, 6) is -2.39. The van der Waals surface area contributed by atoms with Crippen LogP contribution in [0.25, 0.3) is 0 Å². The highest BCUT2D eigenvalue weighted by Gasteiger charge is 2.48. The lowest BCUT2D eigenvalue weighted by molar-refractivity contribution is -0.302. The number of hydrogen-bond acceptors (Lipinski definition) is 8. The Morgan fingerprint density at radius 3 is 1.94 bits per heavy atom. The molecule has 184 valence electrons. The summed E-state index contributed by atoms with van der Waals surface area (Å²) in [6.07, 6.45) is -9.74. The summed E-state index contributed by atoms with van der Waals surface area (Å²) in [6, 6.07) is 12.8. The average Bonchev–Trinajstić information content (AvgIpc) is 2.78. The van der Waals surface area contributed by atoms with Gasteiger partial charge in [0.1, 0.15) is 30.2 Å². The Bertz CT molecular complexity index is 1010. The zero-order valence-corrected chi connectivity index (χ0v) is 19.0. The Morgan fingerprint density at radius 1 is 0.912 bits per heavy atom. The number of carboxylic acids is 2. The van der Waals surface area contributed by atoms with Gasteiger partial charge in [0.2, 0.25) is 0 Å². The number of benzene rings is 2. The fourth-order valence-electron chi connectivity index (χ4n) is 3.33. The van der Waals surface area contributed by atoms with E-state index in [2.05, 4.69) is 0 Å². The lowest BCUT2D eigenvalue weighted by atomic mass is 9.97. The maximum atomic E-state index is 11.4. The second-order valence-corrected chi connectivity index (χ2v) is 8.73. The van der Waals surface area contributed by atoms with Crippen LogP contribution in [0.2, 0.25) is 5.02 Å². The zero-order chi connectivity index (χ0) is 25.2. The topological polar surface area (TPSA) is 163 Å². The molecule has 11 heteroatoms. The van der Waals surface area contributed by atoms with Gasteiger partial charge in [-0.15, -0.1) is 0 Å². The first kappa shape index (κ1) is 25.9. The SMILES string of the molecule is CC(C)(Oc1ccc(C(OC2OC(C(=O)O)C(O)C(O)C2O)c2ccc(Cl)cc2)cc1)C(=O)O. The molecule has 0 saturated carbocycles. The normalized spacial score (nSPS) is 26.0. The van der Waals surface area contributed by atoms with E-state index in [0.717, 1.165) is 0 Å². The van der Waals surface area contributed by atoms with Crippen LogP contribution in [-0.4, -0.2) is 73.8 Å². The lowest BCUT2D eigenvalue weighted by Crippen LogP contribution is -2.60. The predicted molar refractivity (Wildman–Crippen MR) is 117 cm³/mol. The largest absolute Gasteiger partial charge is 0.479 e. The number of carboxylic acid groups (broad SMARTS) is 2. The van der Waals surface area contributed by atoms with Gasteiger partial charge in [0.15, 0.2) is 18.0 Å². The van der Waals surface area contributed by atoms with Crippen molar-refractivity contribution in [3.8, 4) is 5.75 Å². The second-order valence-electron chi connectivity index (χ2n) is 8.29. The summed E-state index contributed by atoms with van der Waals surface area (Å²) in [4.78, 5) is 22.7.